The van der Waals surface area contributed by atoms with Gasteiger partial charge in [0.15, 0.2) is 0 Å². The van der Waals surface area contributed by atoms with Crippen molar-refractivity contribution in [2.45, 2.75) is 16.1 Å². The largest absolute Gasteiger partial charge is 0.416 e. The Morgan fingerprint density at radius 3 is 2.41 bits per heavy atom. The van der Waals surface area contributed by atoms with Crippen molar-refractivity contribution in [2.24, 2.45) is 0 Å². The zero-order chi connectivity index (χ0) is 19.6. The van der Waals surface area contributed by atoms with Crippen LogP contribution in [0.25, 0.3) is 11.1 Å². The Hall–Kier alpha value is -2.20. The maximum Gasteiger partial charge on any atom is 0.416 e. The number of rotatable bonds is 3. The third-order valence-corrected chi connectivity index (χ3v) is 5.35. The summed E-state index contributed by atoms with van der Waals surface area (Å²) in [5.41, 5.74) is 0.254. The van der Waals surface area contributed by atoms with Crippen LogP contribution in [0.2, 0.25) is 10.0 Å². The predicted molar refractivity (Wildman–Crippen MR) is 100.0 cm³/mol. The zero-order valence-electron chi connectivity index (χ0n) is 13.4. The van der Waals surface area contributed by atoms with Crippen LogP contribution in [0, 0.1) is 11.3 Å². The van der Waals surface area contributed by atoms with E-state index in [0.717, 1.165) is 17.0 Å². The van der Waals surface area contributed by atoms with E-state index >= 15 is 0 Å². The molecule has 0 aliphatic heterocycles. The fourth-order valence-electron chi connectivity index (χ4n) is 2.30. The van der Waals surface area contributed by atoms with Crippen molar-refractivity contribution >= 4 is 35.0 Å². The summed E-state index contributed by atoms with van der Waals surface area (Å²) in [6.07, 6.45) is -3.00. The number of benzene rings is 2. The fraction of sp³-hybridized carbons (Fsp3) is 0.0526. The van der Waals surface area contributed by atoms with Crippen LogP contribution in [-0.2, 0) is 6.18 Å². The summed E-state index contributed by atoms with van der Waals surface area (Å²) >= 11 is 13.1. The van der Waals surface area contributed by atoms with Crippen LogP contribution in [0.15, 0.2) is 64.6 Å². The highest BCUT2D eigenvalue weighted by Crippen LogP contribution is 2.35. The van der Waals surface area contributed by atoms with Gasteiger partial charge in [0.05, 0.1) is 21.2 Å². The van der Waals surface area contributed by atoms with Crippen LogP contribution in [0.1, 0.15) is 11.1 Å². The molecule has 0 aliphatic rings. The summed E-state index contributed by atoms with van der Waals surface area (Å²) in [6, 6.07) is 13.5. The average Bonchev–Trinajstić information content (AvgIpc) is 2.64. The van der Waals surface area contributed by atoms with Gasteiger partial charge in [-0.15, -0.1) is 0 Å². The molecule has 3 aromatic rings. The van der Waals surface area contributed by atoms with Gasteiger partial charge in [-0.25, -0.2) is 4.98 Å². The van der Waals surface area contributed by atoms with Crippen LogP contribution in [0.5, 0.6) is 0 Å². The van der Waals surface area contributed by atoms with Crippen LogP contribution in [0.4, 0.5) is 13.2 Å². The number of aromatic nitrogens is 1. The Labute approximate surface area is 167 Å². The van der Waals surface area contributed by atoms with E-state index in [-0.39, 0.29) is 5.56 Å². The van der Waals surface area contributed by atoms with Gasteiger partial charge in [0, 0.05) is 16.7 Å². The molecule has 0 radical (unpaired) electrons. The fourth-order valence-corrected chi connectivity index (χ4v) is 3.52. The van der Waals surface area contributed by atoms with E-state index in [2.05, 4.69) is 4.98 Å². The molecule has 0 saturated heterocycles. The van der Waals surface area contributed by atoms with Crippen molar-refractivity contribution < 1.29 is 13.2 Å². The lowest BCUT2D eigenvalue weighted by atomic mass is 10.0. The molecule has 0 saturated carbocycles. The molecule has 0 unspecified atom stereocenters. The van der Waals surface area contributed by atoms with Crippen molar-refractivity contribution in [3.05, 3.63) is 75.9 Å². The van der Waals surface area contributed by atoms with Crippen molar-refractivity contribution in [1.82, 2.24) is 4.98 Å². The number of halogens is 5. The molecule has 1 heterocycles. The van der Waals surface area contributed by atoms with Gasteiger partial charge in [0.2, 0.25) is 0 Å². The monoisotopic (exact) mass is 424 g/mol. The Kier molecular flexibility index (Phi) is 5.66. The summed E-state index contributed by atoms with van der Waals surface area (Å²) in [6.45, 7) is 0. The molecule has 0 atom stereocenters. The predicted octanol–water partition coefficient (Wildman–Crippen LogP) is 7.10. The van der Waals surface area contributed by atoms with E-state index in [1.807, 2.05) is 6.07 Å². The molecule has 0 N–H and O–H groups in total. The Morgan fingerprint density at radius 1 is 0.963 bits per heavy atom. The molecule has 0 spiro atoms. The third kappa shape index (κ3) is 4.56. The second-order valence-corrected chi connectivity index (χ2v) is 7.32. The first-order valence-corrected chi connectivity index (χ1v) is 9.06. The van der Waals surface area contributed by atoms with Crippen molar-refractivity contribution in [3.63, 3.8) is 0 Å². The first-order chi connectivity index (χ1) is 12.8. The number of nitriles is 1. The number of hydrogen-bond donors (Lipinski definition) is 0. The topological polar surface area (TPSA) is 36.7 Å². The molecule has 1 aromatic heterocycles. The zero-order valence-corrected chi connectivity index (χ0v) is 15.7. The molecule has 3 rings (SSSR count). The number of hydrogen-bond acceptors (Lipinski definition) is 3. The van der Waals surface area contributed by atoms with E-state index in [0.29, 0.717) is 26.2 Å². The molecular weight excluding hydrogens is 416 g/mol. The SMILES string of the molecule is N#Cc1cc(-c2cccc(C(F)(F)F)c2)cnc1Sc1ccc(Cl)c(Cl)c1. The van der Waals surface area contributed by atoms with Gasteiger partial charge in [-0.05, 0) is 42.0 Å². The lowest BCUT2D eigenvalue weighted by Crippen LogP contribution is -2.04. The molecule has 8 heteroatoms. The minimum atomic E-state index is -4.44. The quantitative estimate of drug-likeness (QED) is 0.449. The Bertz CT molecular complexity index is 1050. The lowest BCUT2D eigenvalue weighted by Gasteiger charge is -2.10. The first-order valence-electron chi connectivity index (χ1n) is 7.48. The van der Waals surface area contributed by atoms with Gasteiger partial charge >= 0.3 is 6.18 Å². The van der Waals surface area contributed by atoms with Crippen molar-refractivity contribution in [1.29, 1.82) is 5.26 Å². The third-order valence-electron chi connectivity index (χ3n) is 3.60. The second kappa shape index (κ2) is 7.81. The average molecular weight is 425 g/mol. The smallest absolute Gasteiger partial charge is 0.248 e. The van der Waals surface area contributed by atoms with Gasteiger partial charge in [0.1, 0.15) is 11.1 Å². The van der Waals surface area contributed by atoms with E-state index in [1.54, 1.807) is 24.3 Å². The Morgan fingerprint density at radius 2 is 1.74 bits per heavy atom. The molecular formula is C19H9Cl2F3N2S. The summed E-state index contributed by atoms with van der Waals surface area (Å²) in [4.78, 5) is 4.98. The van der Waals surface area contributed by atoms with Crippen molar-refractivity contribution in [2.75, 3.05) is 0 Å². The summed E-state index contributed by atoms with van der Waals surface area (Å²) in [5, 5.41) is 10.6. The maximum atomic E-state index is 12.9. The normalized spacial score (nSPS) is 11.3. The van der Waals surface area contributed by atoms with E-state index in [1.165, 1.54) is 30.1 Å². The minimum absolute atomic E-state index is 0.251. The van der Waals surface area contributed by atoms with Gasteiger partial charge in [0.25, 0.3) is 0 Å². The molecule has 0 bridgehead atoms. The van der Waals surface area contributed by atoms with Crippen molar-refractivity contribution in [3.8, 4) is 17.2 Å². The Balaban J connectivity index is 1.95. The molecule has 0 fully saturated rings. The summed E-state index contributed by atoms with van der Waals surface area (Å²) in [5.74, 6) is 0. The molecule has 27 heavy (non-hydrogen) atoms. The van der Waals surface area contributed by atoms with E-state index in [9.17, 15) is 18.4 Å². The van der Waals surface area contributed by atoms with Crippen LogP contribution in [-0.4, -0.2) is 4.98 Å². The van der Waals surface area contributed by atoms with Gasteiger partial charge in [-0.1, -0.05) is 47.1 Å². The molecule has 136 valence electrons. The van der Waals surface area contributed by atoms with Crippen LogP contribution in [0.3, 0.4) is 0 Å². The minimum Gasteiger partial charge on any atom is -0.248 e. The molecule has 0 amide bonds. The van der Waals surface area contributed by atoms with Crippen LogP contribution < -0.4 is 0 Å². The first kappa shape index (κ1) is 19.6. The molecule has 2 nitrogen and oxygen atoms in total. The molecule has 2 aromatic carbocycles. The van der Waals surface area contributed by atoms with E-state index < -0.39 is 11.7 Å². The standard InChI is InChI=1S/C19H9Cl2F3N2S/c20-16-5-4-15(8-17(16)21)27-18-12(9-25)6-13(10-26-18)11-2-1-3-14(7-11)19(22,23)24/h1-8,10H. The second-order valence-electron chi connectivity index (χ2n) is 5.45. The molecule has 0 aliphatic carbocycles. The highest BCUT2D eigenvalue weighted by Gasteiger charge is 2.30. The highest BCUT2D eigenvalue weighted by molar-refractivity contribution is 7.99. The highest BCUT2D eigenvalue weighted by atomic mass is 35.5. The number of alkyl halides is 3. The van der Waals surface area contributed by atoms with Crippen LogP contribution >= 0.6 is 35.0 Å². The van der Waals surface area contributed by atoms with Gasteiger partial charge in [-0.3, -0.25) is 0 Å². The number of nitrogens with zero attached hydrogens (tertiary/aromatic N) is 2. The number of pyridine rings is 1. The van der Waals surface area contributed by atoms with Gasteiger partial charge in [-0.2, -0.15) is 18.4 Å². The summed E-state index contributed by atoms with van der Waals surface area (Å²) < 4.78 is 38.7. The van der Waals surface area contributed by atoms with Gasteiger partial charge < -0.3 is 0 Å². The van der Waals surface area contributed by atoms with E-state index in [4.69, 9.17) is 23.2 Å². The maximum absolute atomic E-state index is 12.9. The summed E-state index contributed by atoms with van der Waals surface area (Å²) in [7, 11) is 0. The lowest BCUT2D eigenvalue weighted by molar-refractivity contribution is -0.137.